The highest BCUT2D eigenvalue weighted by Crippen LogP contribution is 2.12. The van der Waals surface area contributed by atoms with E-state index < -0.39 is 0 Å². The van der Waals surface area contributed by atoms with Gasteiger partial charge in [-0.15, -0.1) is 0 Å². The molecule has 1 aromatic carbocycles. The van der Waals surface area contributed by atoms with Crippen LogP contribution in [0, 0.1) is 5.82 Å². The van der Waals surface area contributed by atoms with Crippen molar-refractivity contribution in [1.29, 1.82) is 0 Å². The molecule has 0 N–H and O–H groups in total. The molecule has 0 bridgehead atoms. The van der Waals surface area contributed by atoms with Crippen LogP contribution in [0.4, 0.5) is 4.39 Å². The predicted molar refractivity (Wildman–Crippen MR) is 48.4 cm³/mol. The highest BCUT2D eigenvalue weighted by atomic mass is 19.1. The third kappa shape index (κ3) is 3.42. The van der Waals surface area contributed by atoms with Crippen LogP contribution in [0.15, 0.2) is 24.3 Å². The summed E-state index contributed by atoms with van der Waals surface area (Å²) in [6.45, 7) is 2.32. The van der Waals surface area contributed by atoms with Gasteiger partial charge in [0.25, 0.3) is 0 Å². The Balaban J connectivity index is 2.45. The van der Waals surface area contributed by atoms with Gasteiger partial charge >= 0.3 is 0 Å². The Morgan fingerprint density at radius 2 is 2.23 bits per heavy atom. The second-order valence-corrected chi connectivity index (χ2v) is 2.81. The van der Waals surface area contributed by atoms with E-state index in [0.717, 1.165) is 0 Å². The van der Waals surface area contributed by atoms with Crippen molar-refractivity contribution >= 4 is 0 Å². The summed E-state index contributed by atoms with van der Waals surface area (Å²) in [5.74, 6) is 0.242. The summed E-state index contributed by atoms with van der Waals surface area (Å²) in [7, 11) is 1.61. The number of hydrogen-bond acceptors (Lipinski definition) is 2. The largest absolute Gasteiger partial charge is 0.491 e. The summed E-state index contributed by atoms with van der Waals surface area (Å²) in [5, 5.41) is 0. The average Bonchev–Trinajstić information content (AvgIpc) is 2.14. The molecule has 1 rings (SSSR count). The van der Waals surface area contributed by atoms with Gasteiger partial charge in [0.05, 0.1) is 6.10 Å². The van der Waals surface area contributed by atoms with Crippen molar-refractivity contribution in [3.63, 3.8) is 0 Å². The highest BCUT2D eigenvalue weighted by Gasteiger charge is 2.00. The minimum atomic E-state index is -0.289. The van der Waals surface area contributed by atoms with Gasteiger partial charge in [0.15, 0.2) is 0 Å². The fraction of sp³-hybridized carbons (Fsp3) is 0.400. The van der Waals surface area contributed by atoms with Crippen molar-refractivity contribution in [3.05, 3.63) is 30.1 Å². The molecule has 0 saturated heterocycles. The first kappa shape index (κ1) is 9.99. The fourth-order valence-electron chi connectivity index (χ4n) is 0.838. The van der Waals surface area contributed by atoms with Crippen molar-refractivity contribution in [3.8, 4) is 5.75 Å². The molecule has 0 aliphatic carbocycles. The Labute approximate surface area is 77.3 Å². The van der Waals surface area contributed by atoms with Crippen LogP contribution in [0.3, 0.4) is 0 Å². The summed E-state index contributed by atoms with van der Waals surface area (Å²) in [6, 6.07) is 6.06. The molecule has 1 unspecified atom stereocenters. The zero-order valence-electron chi connectivity index (χ0n) is 7.79. The average molecular weight is 184 g/mol. The first-order valence-corrected chi connectivity index (χ1v) is 4.13. The van der Waals surface area contributed by atoms with Gasteiger partial charge in [-0.1, -0.05) is 6.07 Å². The molecule has 13 heavy (non-hydrogen) atoms. The van der Waals surface area contributed by atoms with E-state index >= 15 is 0 Å². The molecule has 1 atom stereocenters. The molecule has 0 amide bonds. The third-order valence-electron chi connectivity index (χ3n) is 1.68. The first-order chi connectivity index (χ1) is 6.22. The van der Waals surface area contributed by atoms with Crippen LogP contribution >= 0.6 is 0 Å². The smallest absolute Gasteiger partial charge is 0.126 e. The molecule has 0 fully saturated rings. The maximum Gasteiger partial charge on any atom is 0.126 e. The van der Waals surface area contributed by atoms with Crippen LogP contribution in [0.2, 0.25) is 0 Å². The molecule has 0 radical (unpaired) electrons. The third-order valence-corrected chi connectivity index (χ3v) is 1.68. The number of hydrogen-bond donors (Lipinski definition) is 0. The second-order valence-electron chi connectivity index (χ2n) is 2.81. The number of halogens is 1. The van der Waals surface area contributed by atoms with E-state index in [1.54, 1.807) is 19.2 Å². The van der Waals surface area contributed by atoms with E-state index in [1.165, 1.54) is 12.1 Å². The van der Waals surface area contributed by atoms with E-state index in [4.69, 9.17) is 9.47 Å². The standard InChI is InChI=1S/C10H13FO2/c1-8(12-2)7-13-10-5-3-4-9(11)6-10/h3-6,8H,7H2,1-2H3. The molecular weight excluding hydrogens is 171 g/mol. The minimum Gasteiger partial charge on any atom is -0.491 e. The van der Waals surface area contributed by atoms with Crippen molar-refractivity contribution in [1.82, 2.24) is 0 Å². The van der Waals surface area contributed by atoms with Gasteiger partial charge in [0.2, 0.25) is 0 Å². The highest BCUT2D eigenvalue weighted by molar-refractivity contribution is 5.22. The van der Waals surface area contributed by atoms with Gasteiger partial charge in [0, 0.05) is 13.2 Å². The number of methoxy groups -OCH3 is 1. The Hall–Kier alpha value is -1.09. The number of rotatable bonds is 4. The van der Waals surface area contributed by atoms with E-state index in [2.05, 4.69) is 0 Å². The number of benzene rings is 1. The van der Waals surface area contributed by atoms with Gasteiger partial charge in [0.1, 0.15) is 18.2 Å². The Morgan fingerprint density at radius 3 is 2.85 bits per heavy atom. The normalized spacial score (nSPS) is 12.5. The zero-order chi connectivity index (χ0) is 9.68. The Kier molecular flexibility index (Phi) is 3.71. The van der Waals surface area contributed by atoms with Crippen molar-refractivity contribution in [2.24, 2.45) is 0 Å². The van der Waals surface area contributed by atoms with Crippen LogP contribution in [-0.4, -0.2) is 19.8 Å². The summed E-state index contributed by atoms with van der Waals surface area (Å²) >= 11 is 0. The van der Waals surface area contributed by atoms with Crippen molar-refractivity contribution < 1.29 is 13.9 Å². The molecular formula is C10H13FO2. The molecule has 0 saturated carbocycles. The maximum atomic E-state index is 12.7. The van der Waals surface area contributed by atoms with Gasteiger partial charge in [-0.3, -0.25) is 0 Å². The van der Waals surface area contributed by atoms with Crippen molar-refractivity contribution in [2.45, 2.75) is 13.0 Å². The lowest BCUT2D eigenvalue weighted by Crippen LogP contribution is -2.15. The van der Waals surface area contributed by atoms with Crippen molar-refractivity contribution in [2.75, 3.05) is 13.7 Å². The topological polar surface area (TPSA) is 18.5 Å². The summed E-state index contributed by atoms with van der Waals surface area (Å²) < 4.78 is 22.9. The molecule has 1 aromatic rings. The van der Waals surface area contributed by atoms with Crippen LogP contribution in [0.1, 0.15) is 6.92 Å². The van der Waals surface area contributed by atoms with Gasteiger partial charge < -0.3 is 9.47 Å². The Bertz CT molecular complexity index is 263. The second kappa shape index (κ2) is 4.82. The lowest BCUT2D eigenvalue weighted by molar-refractivity contribution is 0.0715. The molecule has 0 aromatic heterocycles. The molecule has 0 heterocycles. The quantitative estimate of drug-likeness (QED) is 0.714. The van der Waals surface area contributed by atoms with Crippen LogP contribution in [0.5, 0.6) is 5.75 Å². The van der Waals surface area contributed by atoms with Gasteiger partial charge in [-0.05, 0) is 19.1 Å². The SMILES string of the molecule is COC(C)COc1cccc(F)c1. The molecule has 0 spiro atoms. The lowest BCUT2D eigenvalue weighted by Gasteiger charge is -2.10. The van der Waals surface area contributed by atoms with E-state index in [-0.39, 0.29) is 11.9 Å². The lowest BCUT2D eigenvalue weighted by atomic mass is 10.3. The minimum absolute atomic E-state index is 0.0169. The predicted octanol–water partition coefficient (Wildman–Crippen LogP) is 2.24. The van der Waals surface area contributed by atoms with Gasteiger partial charge in [-0.2, -0.15) is 0 Å². The van der Waals surface area contributed by atoms with Crippen LogP contribution in [0.25, 0.3) is 0 Å². The summed E-state index contributed by atoms with van der Waals surface area (Å²) in [6.07, 6.45) is 0.0169. The van der Waals surface area contributed by atoms with Gasteiger partial charge in [-0.25, -0.2) is 4.39 Å². The monoisotopic (exact) mass is 184 g/mol. The van der Waals surface area contributed by atoms with E-state index in [9.17, 15) is 4.39 Å². The molecule has 72 valence electrons. The molecule has 2 nitrogen and oxygen atoms in total. The first-order valence-electron chi connectivity index (χ1n) is 4.13. The molecule has 3 heteroatoms. The molecule has 0 aliphatic heterocycles. The fourth-order valence-corrected chi connectivity index (χ4v) is 0.838. The molecule has 0 aliphatic rings. The summed E-state index contributed by atoms with van der Waals surface area (Å²) in [5.41, 5.74) is 0. The summed E-state index contributed by atoms with van der Waals surface area (Å²) in [4.78, 5) is 0. The zero-order valence-corrected chi connectivity index (χ0v) is 7.79. The van der Waals surface area contributed by atoms with Crippen LogP contribution in [-0.2, 0) is 4.74 Å². The van der Waals surface area contributed by atoms with E-state index in [0.29, 0.717) is 12.4 Å². The Morgan fingerprint density at radius 1 is 1.46 bits per heavy atom. The van der Waals surface area contributed by atoms with E-state index in [1.807, 2.05) is 6.92 Å². The van der Waals surface area contributed by atoms with Crippen LogP contribution < -0.4 is 4.74 Å². The number of ether oxygens (including phenoxy) is 2. The maximum absolute atomic E-state index is 12.7.